The largest absolute Gasteiger partial charge is 0.490 e. The fourth-order valence-corrected chi connectivity index (χ4v) is 4.23. The Morgan fingerprint density at radius 1 is 0.941 bits per heavy atom. The number of hydrogen-bond donors (Lipinski definition) is 0. The highest BCUT2D eigenvalue weighted by atomic mass is 16.5. The van der Waals surface area contributed by atoms with E-state index in [-0.39, 0.29) is 11.2 Å². The molecule has 0 N–H and O–H groups in total. The zero-order chi connectivity index (χ0) is 23.3. The molecule has 1 aromatic heterocycles. The van der Waals surface area contributed by atoms with Gasteiger partial charge in [-0.3, -0.25) is 9.69 Å². The molecule has 0 spiro atoms. The van der Waals surface area contributed by atoms with E-state index in [1.807, 2.05) is 37.3 Å². The van der Waals surface area contributed by atoms with Gasteiger partial charge in [0.15, 0.2) is 11.5 Å². The molecule has 2 heterocycles. The van der Waals surface area contributed by atoms with Crippen molar-refractivity contribution in [1.29, 1.82) is 0 Å². The van der Waals surface area contributed by atoms with E-state index >= 15 is 0 Å². The predicted molar refractivity (Wildman–Crippen MR) is 131 cm³/mol. The molecule has 5 rings (SSSR count). The van der Waals surface area contributed by atoms with Gasteiger partial charge in [0.05, 0.1) is 17.6 Å². The molecule has 174 valence electrons. The van der Waals surface area contributed by atoms with Gasteiger partial charge < -0.3 is 18.6 Å². The molecular weight excluding hydrogens is 430 g/mol. The van der Waals surface area contributed by atoms with Crippen molar-refractivity contribution in [2.45, 2.75) is 26.3 Å². The van der Waals surface area contributed by atoms with Gasteiger partial charge in [0.2, 0.25) is 11.2 Å². The second-order valence-electron chi connectivity index (χ2n) is 8.24. The summed E-state index contributed by atoms with van der Waals surface area (Å²) in [7, 11) is 0. The van der Waals surface area contributed by atoms with Gasteiger partial charge in [0.25, 0.3) is 0 Å². The molecule has 4 aromatic rings. The van der Waals surface area contributed by atoms with Crippen molar-refractivity contribution < 1.29 is 18.6 Å². The molecule has 1 aliphatic rings. The minimum absolute atomic E-state index is 0.121. The van der Waals surface area contributed by atoms with Gasteiger partial charge in [-0.25, -0.2) is 0 Å². The smallest absolute Gasteiger partial charge is 0.235 e. The number of rotatable bonds is 8. The lowest BCUT2D eigenvalue weighted by Crippen LogP contribution is -2.33. The van der Waals surface area contributed by atoms with Gasteiger partial charge in [-0.15, -0.1) is 0 Å². The summed E-state index contributed by atoms with van der Waals surface area (Å²) in [5.41, 5.74) is 2.54. The number of para-hydroxylation sites is 2. The Hall–Kier alpha value is -3.77. The lowest BCUT2D eigenvalue weighted by molar-refractivity contribution is 0.0946. The van der Waals surface area contributed by atoms with Gasteiger partial charge in [-0.2, -0.15) is 0 Å². The van der Waals surface area contributed by atoms with Gasteiger partial charge >= 0.3 is 0 Å². The first-order valence-corrected chi connectivity index (χ1v) is 11.6. The van der Waals surface area contributed by atoms with Crippen molar-refractivity contribution in [3.8, 4) is 23.0 Å². The zero-order valence-electron chi connectivity index (χ0n) is 19.2. The van der Waals surface area contributed by atoms with Crippen LogP contribution >= 0.6 is 0 Å². The zero-order valence-corrected chi connectivity index (χ0v) is 19.2. The van der Waals surface area contributed by atoms with Gasteiger partial charge in [0, 0.05) is 13.1 Å². The van der Waals surface area contributed by atoms with Crippen molar-refractivity contribution in [3.63, 3.8) is 0 Å². The van der Waals surface area contributed by atoms with Crippen molar-refractivity contribution in [1.82, 2.24) is 4.90 Å². The lowest BCUT2D eigenvalue weighted by Gasteiger charge is -2.29. The highest BCUT2D eigenvalue weighted by Gasteiger charge is 2.23. The lowest BCUT2D eigenvalue weighted by atomic mass is 10.1. The number of benzene rings is 3. The summed E-state index contributed by atoms with van der Waals surface area (Å²) in [6.07, 6.45) is 3.41. The fourth-order valence-electron chi connectivity index (χ4n) is 4.23. The van der Waals surface area contributed by atoms with Crippen LogP contribution in [0, 0.1) is 0 Å². The predicted octanol–water partition coefficient (Wildman–Crippen LogP) is 5.77. The van der Waals surface area contributed by atoms with Crippen LogP contribution in [0.25, 0.3) is 11.0 Å². The van der Waals surface area contributed by atoms with Crippen LogP contribution in [0.3, 0.4) is 0 Å². The topological polar surface area (TPSA) is 61.1 Å². The van der Waals surface area contributed by atoms with E-state index in [2.05, 4.69) is 29.2 Å². The number of fused-ring (bicyclic) bond motifs is 3. The maximum Gasteiger partial charge on any atom is 0.235 e. The average molecular weight is 458 g/mol. The van der Waals surface area contributed by atoms with Crippen molar-refractivity contribution in [2.75, 3.05) is 19.9 Å². The Morgan fingerprint density at radius 2 is 1.74 bits per heavy atom. The van der Waals surface area contributed by atoms with Crippen LogP contribution < -0.4 is 19.6 Å². The van der Waals surface area contributed by atoms with Crippen LogP contribution in [-0.4, -0.2) is 24.8 Å². The quantitative estimate of drug-likeness (QED) is 0.335. The Labute approximate surface area is 198 Å². The first-order valence-electron chi connectivity index (χ1n) is 11.6. The standard InChI is InChI=1S/C28H27NO5/c1-2-31-24-12-6-7-13-25(24)34-26-18-32-28-21(27(26)30)14-15-23-22(28)17-29(19-33-23)16-8-11-20-9-4-3-5-10-20/h3-7,9-10,12-15,18H,2,8,11,16-17,19H2,1H3. The molecule has 0 bridgehead atoms. The third kappa shape index (κ3) is 4.63. The Balaban J connectivity index is 1.35. The SMILES string of the molecule is CCOc1ccccc1Oc1coc2c3c(ccc2c1=O)OCN(CCCc1ccccc1)C3. The van der Waals surface area contributed by atoms with Crippen LogP contribution in [0.4, 0.5) is 0 Å². The van der Waals surface area contributed by atoms with E-state index in [1.54, 1.807) is 12.1 Å². The first kappa shape index (κ1) is 22.0. The molecule has 0 unspecified atom stereocenters. The molecule has 1 aliphatic heterocycles. The molecule has 0 amide bonds. The van der Waals surface area contributed by atoms with Crippen LogP contribution in [0.5, 0.6) is 23.0 Å². The first-order chi connectivity index (χ1) is 16.7. The monoisotopic (exact) mass is 457 g/mol. The molecule has 6 heteroatoms. The number of ether oxygens (including phenoxy) is 3. The summed E-state index contributed by atoms with van der Waals surface area (Å²) in [6, 6.07) is 21.3. The Bertz CT molecular complexity index is 1330. The maximum atomic E-state index is 13.2. The fraction of sp³-hybridized carbons (Fsp3) is 0.250. The highest BCUT2D eigenvalue weighted by molar-refractivity contribution is 5.83. The normalized spacial score (nSPS) is 13.3. The van der Waals surface area contributed by atoms with Crippen LogP contribution in [0.1, 0.15) is 24.5 Å². The minimum Gasteiger partial charge on any atom is -0.490 e. The average Bonchev–Trinajstić information content (AvgIpc) is 2.87. The summed E-state index contributed by atoms with van der Waals surface area (Å²) >= 11 is 0. The van der Waals surface area contributed by atoms with Gasteiger partial charge in [0.1, 0.15) is 24.3 Å². The molecular formula is C28H27NO5. The van der Waals surface area contributed by atoms with Crippen molar-refractivity contribution >= 4 is 11.0 Å². The van der Waals surface area contributed by atoms with Crippen LogP contribution in [-0.2, 0) is 13.0 Å². The second kappa shape index (κ2) is 10.0. The second-order valence-corrected chi connectivity index (χ2v) is 8.24. The molecule has 0 saturated carbocycles. The van der Waals surface area contributed by atoms with E-state index in [0.29, 0.717) is 42.4 Å². The molecule has 0 saturated heterocycles. The third-order valence-corrected chi connectivity index (χ3v) is 5.91. The number of hydrogen-bond acceptors (Lipinski definition) is 6. The van der Waals surface area contributed by atoms with Gasteiger partial charge in [-0.1, -0.05) is 42.5 Å². The van der Waals surface area contributed by atoms with Crippen molar-refractivity contribution in [3.05, 3.63) is 94.3 Å². The Kier molecular flexibility index (Phi) is 6.49. The molecule has 34 heavy (non-hydrogen) atoms. The van der Waals surface area contributed by atoms with Crippen LogP contribution in [0.15, 0.2) is 82.2 Å². The van der Waals surface area contributed by atoms with E-state index < -0.39 is 0 Å². The summed E-state index contributed by atoms with van der Waals surface area (Å²) in [5.74, 6) is 1.93. The van der Waals surface area contributed by atoms with Gasteiger partial charge in [-0.05, 0) is 49.6 Å². The van der Waals surface area contributed by atoms with E-state index in [4.69, 9.17) is 18.6 Å². The minimum atomic E-state index is -0.225. The molecule has 3 aromatic carbocycles. The maximum absolute atomic E-state index is 13.2. The Morgan fingerprint density at radius 3 is 2.56 bits per heavy atom. The summed E-state index contributed by atoms with van der Waals surface area (Å²) in [5, 5.41) is 0.472. The molecule has 0 atom stereocenters. The highest BCUT2D eigenvalue weighted by Crippen LogP contribution is 2.34. The van der Waals surface area contributed by atoms with E-state index in [1.165, 1.54) is 11.8 Å². The molecule has 0 fully saturated rings. The van der Waals surface area contributed by atoms with E-state index in [0.717, 1.165) is 30.7 Å². The third-order valence-electron chi connectivity index (χ3n) is 5.91. The number of aryl methyl sites for hydroxylation is 1. The molecule has 0 radical (unpaired) electrons. The summed E-state index contributed by atoms with van der Waals surface area (Å²) in [6.45, 7) is 4.48. The van der Waals surface area contributed by atoms with Crippen LogP contribution in [0.2, 0.25) is 0 Å². The number of nitrogens with zero attached hydrogens (tertiary/aromatic N) is 1. The van der Waals surface area contributed by atoms with Crippen molar-refractivity contribution in [2.24, 2.45) is 0 Å². The molecule has 6 nitrogen and oxygen atoms in total. The summed E-state index contributed by atoms with van der Waals surface area (Å²) < 4.78 is 23.4. The summed E-state index contributed by atoms with van der Waals surface area (Å²) in [4.78, 5) is 15.4. The molecule has 0 aliphatic carbocycles. The van der Waals surface area contributed by atoms with E-state index in [9.17, 15) is 4.79 Å².